The van der Waals surface area contributed by atoms with Crippen molar-refractivity contribution in [2.24, 2.45) is 11.7 Å². The van der Waals surface area contributed by atoms with Crippen LogP contribution in [-0.2, 0) is 4.74 Å². The van der Waals surface area contributed by atoms with Gasteiger partial charge in [0.25, 0.3) is 0 Å². The number of benzene rings is 2. The van der Waals surface area contributed by atoms with E-state index < -0.39 is 0 Å². The van der Waals surface area contributed by atoms with Gasteiger partial charge >= 0.3 is 0 Å². The first-order chi connectivity index (χ1) is 9.78. The Morgan fingerprint density at radius 3 is 2.55 bits per heavy atom. The summed E-state index contributed by atoms with van der Waals surface area (Å²) in [6, 6.07) is 12.7. The summed E-state index contributed by atoms with van der Waals surface area (Å²) in [5.74, 6) is 1.42. The zero-order valence-electron chi connectivity index (χ0n) is 11.8. The molecule has 1 saturated heterocycles. The molecule has 3 heteroatoms. The second-order valence-corrected chi connectivity index (χ2v) is 5.45. The quantitative estimate of drug-likeness (QED) is 0.931. The molecule has 3 rings (SSSR count). The topological polar surface area (TPSA) is 44.5 Å². The van der Waals surface area contributed by atoms with E-state index in [0.717, 1.165) is 31.8 Å². The van der Waals surface area contributed by atoms with Crippen LogP contribution in [-0.4, -0.2) is 20.3 Å². The fraction of sp³-hybridized carbons (Fsp3) is 0.412. The molecule has 1 atom stereocenters. The van der Waals surface area contributed by atoms with E-state index in [1.165, 1.54) is 16.3 Å². The summed E-state index contributed by atoms with van der Waals surface area (Å²) in [6.45, 7) is 1.67. The molecule has 2 aromatic rings. The Bertz CT molecular complexity index is 591. The van der Waals surface area contributed by atoms with E-state index >= 15 is 0 Å². The Hall–Kier alpha value is -1.58. The van der Waals surface area contributed by atoms with Crippen LogP contribution >= 0.6 is 0 Å². The van der Waals surface area contributed by atoms with Gasteiger partial charge < -0.3 is 15.2 Å². The summed E-state index contributed by atoms with van der Waals surface area (Å²) in [4.78, 5) is 0. The van der Waals surface area contributed by atoms with Crippen molar-refractivity contribution >= 4 is 10.8 Å². The van der Waals surface area contributed by atoms with Crippen molar-refractivity contribution in [1.29, 1.82) is 0 Å². The summed E-state index contributed by atoms with van der Waals surface area (Å²) >= 11 is 0. The number of nitrogens with two attached hydrogens (primary N) is 1. The number of hydrogen-bond donors (Lipinski definition) is 1. The first-order valence-electron chi connectivity index (χ1n) is 7.19. The number of methoxy groups -OCH3 is 1. The van der Waals surface area contributed by atoms with Gasteiger partial charge in [-0.25, -0.2) is 0 Å². The SMILES string of the molecule is COc1ccc2cc([C@H](N)C3CCOCC3)ccc2c1. The number of rotatable bonds is 3. The van der Waals surface area contributed by atoms with Crippen molar-refractivity contribution in [1.82, 2.24) is 0 Å². The molecule has 0 saturated carbocycles. The van der Waals surface area contributed by atoms with E-state index in [-0.39, 0.29) is 6.04 Å². The monoisotopic (exact) mass is 271 g/mol. The molecular weight excluding hydrogens is 250 g/mol. The average Bonchev–Trinajstić information content (AvgIpc) is 2.54. The molecule has 106 valence electrons. The Morgan fingerprint density at radius 2 is 1.80 bits per heavy atom. The highest BCUT2D eigenvalue weighted by Gasteiger charge is 2.22. The Labute approximate surface area is 119 Å². The number of fused-ring (bicyclic) bond motifs is 1. The van der Waals surface area contributed by atoms with E-state index in [2.05, 4.69) is 30.3 Å². The standard InChI is InChI=1S/C17H21NO2/c1-19-16-5-4-13-10-15(3-2-14(13)11-16)17(18)12-6-8-20-9-7-12/h2-5,10-12,17H,6-9,18H2,1H3/t17-/m1/s1. The van der Waals surface area contributed by atoms with Gasteiger partial charge in [-0.05, 0) is 53.3 Å². The third-order valence-electron chi connectivity index (χ3n) is 4.23. The minimum atomic E-state index is 0.102. The van der Waals surface area contributed by atoms with Gasteiger partial charge in [-0.3, -0.25) is 0 Å². The van der Waals surface area contributed by atoms with Crippen LogP contribution in [0.5, 0.6) is 5.75 Å². The molecule has 2 aromatic carbocycles. The molecule has 1 heterocycles. The van der Waals surface area contributed by atoms with Crippen molar-refractivity contribution in [3.63, 3.8) is 0 Å². The summed E-state index contributed by atoms with van der Waals surface area (Å²) in [5, 5.41) is 2.40. The number of ether oxygens (including phenoxy) is 2. The normalized spacial score (nSPS) is 18.1. The molecule has 0 unspecified atom stereocenters. The van der Waals surface area contributed by atoms with E-state index in [4.69, 9.17) is 15.2 Å². The van der Waals surface area contributed by atoms with E-state index in [1.807, 2.05) is 6.07 Å². The van der Waals surface area contributed by atoms with Crippen molar-refractivity contribution in [2.75, 3.05) is 20.3 Å². The first kappa shape index (κ1) is 13.4. The zero-order valence-corrected chi connectivity index (χ0v) is 11.8. The molecule has 0 aromatic heterocycles. The summed E-state index contributed by atoms with van der Waals surface area (Å²) in [5.41, 5.74) is 7.65. The molecule has 2 N–H and O–H groups in total. The van der Waals surface area contributed by atoms with Crippen LogP contribution in [0, 0.1) is 5.92 Å². The molecule has 1 aliphatic rings. The molecule has 0 amide bonds. The third kappa shape index (κ3) is 2.65. The lowest BCUT2D eigenvalue weighted by Crippen LogP contribution is -2.27. The van der Waals surface area contributed by atoms with Gasteiger partial charge in [0.2, 0.25) is 0 Å². The fourth-order valence-electron chi connectivity index (χ4n) is 2.92. The molecule has 0 aliphatic carbocycles. The zero-order chi connectivity index (χ0) is 13.9. The van der Waals surface area contributed by atoms with Crippen LogP contribution in [0.3, 0.4) is 0 Å². The predicted molar refractivity (Wildman–Crippen MR) is 81.0 cm³/mol. The molecular formula is C17H21NO2. The summed E-state index contributed by atoms with van der Waals surface area (Å²) < 4.78 is 10.7. The molecule has 1 fully saturated rings. The van der Waals surface area contributed by atoms with Crippen LogP contribution in [0.4, 0.5) is 0 Å². The fourth-order valence-corrected chi connectivity index (χ4v) is 2.92. The largest absolute Gasteiger partial charge is 0.497 e. The van der Waals surface area contributed by atoms with E-state index in [9.17, 15) is 0 Å². The second-order valence-electron chi connectivity index (χ2n) is 5.45. The molecule has 1 aliphatic heterocycles. The van der Waals surface area contributed by atoms with Crippen molar-refractivity contribution in [3.8, 4) is 5.75 Å². The van der Waals surface area contributed by atoms with E-state index in [0.29, 0.717) is 5.92 Å². The van der Waals surface area contributed by atoms with Gasteiger partial charge in [0, 0.05) is 19.3 Å². The minimum absolute atomic E-state index is 0.102. The maximum atomic E-state index is 6.44. The van der Waals surface area contributed by atoms with Crippen LogP contribution in [0.15, 0.2) is 36.4 Å². The molecule has 0 radical (unpaired) electrons. The Morgan fingerprint density at radius 1 is 1.10 bits per heavy atom. The smallest absolute Gasteiger partial charge is 0.119 e. The number of hydrogen-bond acceptors (Lipinski definition) is 3. The van der Waals surface area contributed by atoms with Crippen LogP contribution in [0.25, 0.3) is 10.8 Å². The lowest BCUT2D eigenvalue weighted by Gasteiger charge is -2.28. The molecule has 20 heavy (non-hydrogen) atoms. The van der Waals surface area contributed by atoms with Crippen molar-refractivity contribution < 1.29 is 9.47 Å². The maximum Gasteiger partial charge on any atom is 0.119 e. The Kier molecular flexibility index (Phi) is 3.90. The van der Waals surface area contributed by atoms with Gasteiger partial charge in [-0.1, -0.05) is 18.2 Å². The molecule has 0 bridgehead atoms. The van der Waals surface area contributed by atoms with Crippen LogP contribution < -0.4 is 10.5 Å². The highest BCUT2D eigenvalue weighted by molar-refractivity contribution is 5.84. The van der Waals surface area contributed by atoms with E-state index in [1.54, 1.807) is 7.11 Å². The van der Waals surface area contributed by atoms with Crippen molar-refractivity contribution in [2.45, 2.75) is 18.9 Å². The van der Waals surface area contributed by atoms with Gasteiger partial charge in [-0.15, -0.1) is 0 Å². The average molecular weight is 271 g/mol. The van der Waals surface area contributed by atoms with Crippen molar-refractivity contribution in [3.05, 3.63) is 42.0 Å². The summed E-state index contributed by atoms with van der Waals surface area (Å²) in [6.07, 6.45) is 2.11. The van der Waals surface area contributed by atoms with Gasteiger partial charge in [0.1, 0.15) is 5.75 Å². The minimum Gasteiger partial charge on any atom is -0.497 e. The van der Waals surface area contributed by atoms with Gasteiger partial charge in [0.15, 0.2) is 0 Å². The lowest BCUT2D eigenvalue weighted by molar-refractivity contribution is 0.0584. The van der Waals surface area contributed by atoms with Crippen LogP contribution in [0.1, 0.15) is 24.4 Å². The predicted octanol–water partition coefficient (Wildman–Crippen LogP) is 3.27. The highest BCUT2D eigenvalue weighted by atomic mass is 16.5. The molecule has 3 nitrogen and oxygen atoms in total. The summed E-state index contributed by atoms with van der Waals surface area (Å²) in [7, 11) is 1.69. The maximum absolute atomic E-state index is 6.44. The highest BCUT2D eigenvalue weighted by Crippen LogP contribution is 2.30. The lowest BCUT2D eigenvalue weighted by atomic mass is 9.87. The molecule has 0 spiro atoms. The Balaban J connectivity index is 1.88. The third-order valence-corrected chi connectivity index (χ3v) is 4.23. The van der Waals surface area contributed by atoms with Gasteiger partial charge in [-0.2, -0.15) is 0 Å². The second kappa shape index (κ2) is 5.81. The van der Waals surface area contributed by atoms with Gasteiger partial charge in [0.05, 0.1) is 7.11 Å². The first-order valence-corrected chi connectivity index (χ1v) is 7.19. The van der Waals surface area contributed by atoms with Crippen LogP contribution in [0.2, 0.25) is 0 Å².